The lowest BCUT2D eigenvalue weighted by Crippen LogP contribution is -2.09. The lowest BCUT2D eigenvalue weighted by molar-refractivity contribution is 0.137. The summed E-state index contributed by atoms with van der Waals surface area (Å²) in [6.07, 6.45) is 0. The summed E-state index contributed by atoms with van der Waals surface area (Å²) in [6, 6.07) is 6.22. The first kappa shape index (κ1) is 9.81. The molecule has 0 aliphatic heterocycles. The van der Waals surface area contributed by atoms with Gasteiger partial charge in [-0.1, -0.05) is 30.3 Å². The van der Waals surface area contributed by atoms with Gasteiger partial charge in [0.2, 0.25) is 0 Å². The smallest absolute Gasteiger partial charge is 0.0636 e. The van der Waals surface area contributed by atoms with Gasteiger partial charge in [-0.2, -0.15) is 0 Å². The molecule has 0 spiro atoms. The van der Waals surface area contributed by atoms with E-state index in [0.717, 1.165) is 11.3 Å². The van der Waals surface area contributed by atoms with Crippen molar-refractivity contribution in [3.63, 3.8) is 0 Å². The lowest BCUT2D eigenvalue weighted by atomic mass is 10.0. The van der Waals surface area contributed by atoms with Crippen LogP contribution in [-0.4, -0.2) is 7.11 Å². The maximum atomic E-state index is 4.79. The quantitative estimate of drug-likeness (QED) is 0.716. The molecule has 0 radical (unpaired) electrons. The molecule has 0 unspecified atom stereocenters. The van der Waals surface area contributed by atoms with Crippen LogP contribution >= 0.6 is 0 Å². The number of nitrogens with one attached hydrogen (secondary N) is 1. The largest absolute Gasteiger partial charge is 0.279 e. The van der Waals surface area contributed by atoms with Crippen molar-refractivity contribution < 1.29 is 4.84 Å². The number of aryl methyl sites for hydroxylation is 2. The van der Waals surface area contributed by atoms with Crippen LogP contribution in [0.5, 0.6) is 0 Å². The molecule has 0 fully saturated rings. The van der Waals surface area contributed by atoms with E-state index in [2.05, 4.69) is 38.0 Å². The fourth-order valence-corrected chi connectivity index (χ4v) is 1.33. The summed E-state index contributed by atoms with van der Waals surface area (Å²) in [5.74, 6) is 0. The van der Waals surface area contributed by atoms with Gasteiger partial charge in [-0.25, -0.2) is 0 Å². The highest BCUT2D eigenvalue weighted by atomic mass is 16.6. The zero-order valence-corrected chi connectivity index (χ0v) is 8.35. The molecular formula is C11H15NO. The molecule has 0 saturated heterocycles. The second-order valence-electron chi connectivity index (χ2n) is 3.10. The lowest BCUT2D eigenvalue weighted by Gasteiger charge is -2.10. The normalized spacial score (nSPS) is 9.77. The Hall–Kier alpha value is -1.28. The van der Waals surface area contributed by atoms with Crippen LogP contribution in [-0.2, 0) is 4.84 Å². The van der Waals surface area contributed by atoms with Gasteiger partial charge in [0.05, 0.1) is 12.8 Å². The molecule has 0 heterocycles. The predicted molar refractivity (Wildman–Crippen MR) is 55.1 cm³/mol. The molecule has 1 aromatic rings. The van der Waals surface area contributed by atoms with Gasteiger partial charge in [0, 0.05) is 5.56 Å². The molecule has 1 rings (SSSR count). The van der Waals surface area contributed by atoms with Crippen LogP contribution < -0.4 is 5.48 Å². The zero-order chi connectivity index (χ0) is 9.84. The summed E-state index contributed by atoms with van der Waals surface area (Å²) < 4.78 is 0. The molecule has 0 saturated carbocycles. The van der Waals surface area contributed by atoms with E-state index in [1.807, 2.05) is 6.07 Å². The standard InChI is InChI=1S/C11H15NO/c1-8-5-6-11(9(2)7-8)10(3)12-13-4/h5-7,12H,3H2,1-2,4H3. The van der Waals surface area contributed by atoms with Crippen molar-refractivity contribution in [2.75, 3.05) is 7.11 Å². The average molecular weight is 177 g/mol. The highest BCUT2D eigenvalue weighted by Crippen LogP contribution is 2.16. The third-order valence-corrected chi connectivity index (χ3v) is 1.93. The predicted octanol–water partition coefficient (Wildman–Crippen LogP) is 2.43. The molecular weight excluding hydrogens is 162 g/mol. The number of benzene rings is 1. The van der Waals surface area contributed by atoms with E-state index in [9.17, 15) is 0 Å². The molecule has 0 aromatic heterocycles. The Labute approximate surface area is 79.2 Å². The van der Waals surface area contributed by atoms with E-state index in [0.29, 0.717) is 0 Å². The molecule has 1 aromatic carbocycles. The number of hydroxylamine groups is 1. The van der Waals surface area contributed by atoms with Crippen molar-refractivity contribution >= 4 is 5.70 Å². The van der Waals surface area contributed by atoms with Gasteiger partial charge >= 0.3 is 0 Å². The van der Waals surface area contributed by atoms with E-state index in [-0.39, 0.29) is 0 Å². The Morgan fingerprint density at radius 1 is 1.38 bits per heavy atom. The molecule has 70 valence electrons. The fraction of sp³-hybridized carbons (Fsp3) is 0.273. The Bertz CT molecular complexity index is 318. The van der Waals surface area contributed by atoms with Crippen molar-refractivity contribution in [2.45, 2.75) is 13.8 Å². The highest BCUT2D eigenvalue weighted by molar-refractivity contribution is 5.64. The van der Waals surface area contributed by atoms with Crippen LogP contribution in [0.25, 0.3) is 5.70 Å². The minimum atomic E-state index is 0.792. The number of hydrogen-bond donors (Lipinski definition) is 1. The molecule has 2 nitrogen and oxygen atoms in total. The van der Waals surface area contributed by atoms with E-state index in [4.69, 9.17) is 4.84 Å². The summed E-state index contributed by atoms with van der Waals surface area (Å²) >= 11 is 0. The third kappa shape index (κ3) is 2.33. The second-order valence-corrected chi connectivity index (χ2v) is 3.10. The van der Waals surface area contributed by atoms with Gasteiger partial charge < -0.3 is 0 Å². The van der Waals surface area contributed by atoms with Gasteiger partial charge in [0.15, 0.2) is 0 Å². The summed E-state index contributed by atoms with van der Waals surface area (Å²) in [7, 11) is 1.58. The maximum absolute atomic E-state index is 4.79. The van der Waals surface area contributed by atoms with Gasteiger partial charge in [-0.3, -0.25) is 10.3 Å². The number of hydrogen-bond acceptors (Lipinski definition) is 2. The maximum Gasteiger partial charge on any atom is 0.0636 e. The SMILES string of the molecule is C=C(NOC)c1ccc(C)cc1C. The summed E-state index contributed by atoms with van der Waals surface area (Å²) in [5, 5.41) is 0. The second kappa shape index (κ2) is 4.10. The minimum Gasteiger partial charge on any atom is -0.279 e. The Balaban J connectivity index is 2.95. The van der Waals surface area contributed by atoms with Crippen molar-refractivity contribution in [1.82, 2.24) is 5.48 Å². The van der Waals surface area contributed by atoms with Crippen molar-refractivity contribution in [2.24, 2.45) is 0 Å². The summed E-state index contributed by atoms with van der Waals surface area (Å²) in [4.78, 5) is 4.79. The monoisotopic (exact) mass is 177 g/mol. The van der Waals surface area contributed by atoms with Crippen LogP contribution in [0.3, 0.4) is 0 Å². The highest BCUT2D eigenvalue weighted by Gasteiger charge is 2.01. The van der Waals surface area contributed by atoms with Gasteiger partial charge in [-0.05, 0) is 19.4 Å². The summed E-state index contributed by atoms with van der Waals surface area (Å²) in [6.45, 7) is 8.00. The van der Waals surface area contributed by atoms with Crippen LogP contribution in [0.15, 0.2) is 24.8 Å². The third-order valence-electron chi connectivity index (χ3n) is 1.93. The van der Waals surface area contributed by atoms with Gasteiger partial charge in [-0.15, -0.1) is 0 Å². The minimum absolute atomic E-state index is 0.792. The Morgan fingerprint density at radius 3 is 2.62 bits per heavy atom. The van der Waals surface area contributed by atoms with Crippen molar-refractivity contribution in [3.05, 3.63) is 41.5 Å². The first-order valence-corrected chi connectivity index (χ1v) is 4.20. The van der Waals surface area contributed by atoms with E-state index in [1.54, 1.807) is 7.11 Å². The van der Waals surface area contributed by atoms with E-state index in [1.165, 1.54) is 11.1 Å². The van der Waals surface area contributed by atoms with Crippen LogP contribution in [0.1, 0.15) is 16.7 Å². The molecule has 13 heavy (non-hydrogen) atoms. The average Bonchev–Trinajstić information content (AvgIpc) is 2.04. The van der Waals surface area contributed by atoms with E-state index < -0.39 is 0 Å². The van der Waals surface area contributed by atoms with Gasteiger partial charge in [0.25, 0.3) is 0 Å². The number of rotatable bonds is 3. The fourth-order valence-electron chi connectivity index (χ4n) is 1.33. The molecule has 0 bridgehead atoms. The van der Waals surface area contributed by atoms with Crippen LogP contribution in [0.2, 0.25) is 0 Å². The molecule has 0 amide bonds. The van der Waals surface area contributed by atoms with Crippen molar-refractivity contribution in [3.8, 4) is 0 Å². The van der Waals surface area contributed by atoms with Crippen LogP contribution in [0, 0.1) is 13.8 Å². The Kier molecular flexibility index (Phi) is 3.09. The first-order chi connectivity index (χ1) is 6.15. The van der Waals surface area contributed by atoms with Gasteiger partial charge in [0.1, 0.15) is 0 Å². The molecule has 0 aliphatic rings. The zero-order valence-electron chi connectivity index (χ0n) is 8.35. The first-order valence-electron chi connectivity index (χ1n) is 4.20. The molecule has 1 N–H and O–H groups in total. The summed E-state index contributed by atoms with van der Waals surface area (Å²) in [5.41, 5.74) is 7.07. The molecule has 0 aliphatic carbocycles. The molecule has 2 heteroatoms. The van der Waals surface area contributed by atoms with Crippen LogP contribution in [0.4, 0.5) is 0 Å². The molecule has 0 atom stereocenters. The topological polar surface area (TPSA) is 21.3 Å². The van der Waals surface area contributed by atoms with E-state index >= 15 is 0 Å². The van der Waals surface area contributed by atoms with Crippen molar-refractivity contribution in [1.29, 1.82) is 0 Å². The Morgan fingerprint density at radius 2 is 2.08 bits per heavy atom.